The molecule has 13 heavy (non-hydrogen) atoms. The Bertz CT molecular complexity index is 518. The van der Waals surface area contributed by atoms with E-state index in [9.17, 15) is 4.79 Å². The standard InChI is InChI=1S/C8H4BrClN2O/c9-8-7(13)5-3-4(10)1-2-6(5)11-12-8/h1-3H,(H,11,13). The van der Waals surface area contributed by atoms with Crippen molar-refractivity contribution in [2.45, 2.75) is 0 Å². The molecule has 0 saturated carbocycles. The summed E-state index contributed by atoms with van der Waals surface area (Å²) < 4.78 is 0.266. The van der Waals surface area contributed by atoms with Crippen LogP contribution in [0.25, 0.3) is 10.9 Å². The summed E-state index contributed by atoms with van der Waals surface area (Å²) >= 11 is 8.80. The number of hydrogen-bond donors (Lipinski definition) is 1. The molecular formula is C8H4BrClN2O. The highest BCUT2D eigenvalue weighted by Crippen LogP contribution is 2.15. The molecule has 0 aliphatic heterocycles. The molecule has 1 heterocycles. The van der Waals surface area contributed by atoms with Gasteiger partial charge in [-0.2, -0.15) is 5.10 Å². The normalized spacial score (nSPS) is 10.6. The Labute approximate surface area is 86.9 Å². The van der Waals surface area contributed by atoms with E-state index in [1.807, 2.05) is 0 Å². The zero-order valence-electron chi connectivity index (χ0n) is 6.34. The van der Waals surface area contributed by atoms with Crippen molar-refractivity contribution in [1.82, 2.24) is 10.2 Å². The average molecular weight is 259 g/mol. The molecular weight excluding hydrogens is 255 g/mol. The highest BCUT2D eigenvalue weighted by Gasteiger charge is 2.03. The van der Waals surface area contributed by atoms with Gasteiger partial charge >= 0.3 is 0 Å². The molecule has 0 atom stereocenters. The second kappa shape index (κ2) is 3.12. The van der Waals surface area contributed by atoms with Gasteiger partial charge in [0.05, 0.1) is 10.9 Å². The minimum absolute atomic E-state index is 0.156. The lowest BCUT2D eigenvalue weighted by Crippen LogP contribution is -2.06. The molecule has 0 bridgehead atoms. The van der Waals surface area contributed by atoms with Gasteiger partial charge in [-0.1, -0.05) is 11.6 Å². The van der Waals surface area contributed by atoms with Crippen LogP contribution in [-0.4, -0.2) is 10.2 Å². The van der Waals surface area contributed by atoms with E-state index in [4.69, 9.17) is 11.6 Å². The molecule has 0 aliphatic rings. The predicted octanol–water partition coefficient (Wildman–Crippen LogP) is 2.34. The largest absolute Gasteiger partial charge is 0.286 e. The van der Waals surface area contributed by atoms with E-state index < -0.39 is 0 Å². The van der Waals surface area contributed by atoms with Crippen LogP contribution in [-0.2, 0) is 0 Å². The highest BCUT2D eigenvalue weighted by molar-refractivity contribution is 9.10. The third-order valence-corrected chi connectivity index (χ3v) is 2.46. The Morgan fingerprint density at radius 3 is 3.00 bits per heavy atom. The molecule has 2 rings (SSSR count). The average Bonchev–Trinajstić information content (AvgIpc) is 2.12. The van der Waals surface area contributed by atoms with Gasteiger partial charge in [0, 0.05) is 5.02 Å². The van der Waals surface area contributed by atoms with E-state index in [1.165, 1.54) is 0 Å². The smallest absolute Gasteiger partial charge is 0.222 e. The molecule has 0 aliphatic carbocycles. The van der Waals surface area contributed by atoms with E-state index >= 15 is 0 Å². The number of hydrogen-bond acceptors (Lipinski definition) is 2. The maximum Gasteiger partial charge on any atom is 0.222 e. The van der Waals surface area contributed by atoms with Crippen molar-refractivity contribution in [3.63, 3.8) is 0 Å². The Hall–Kier alpha value is -0.870. The maximum absolute atomic E-state index is 11.5. The first-order valence-corrected chi connectivity index (χ1v) is 4.69. The molecule has 0 radical (unpaired) electrons. The van der Waals surface area contributed by atoms with Gasteiger partial charge in [0.1, 0.15) is 0 Å². The second-order valence-corrected chi connectivity index (χ2v) is 3.72. The molecule has 3 nitrogen and oxygen atoms in total. The number of halogens is 2. The lowest BCUT2D eigenvalue weighted by Gasteiger charge is -1.97. The van der Waals surface area contributed by atoms with Crippen LogP contribution in [0.15, 0.2) is 27.6 Å². The number of H-pyrrole nitrogens is 1. The van der Waals surface area contributed by atoms with Gasteiger partial charge in [-0.3, -0.25) is 9.89 Å². The zero-order valence-corrected chi connectivity index (χ0v) is 8.69. The van der Waals surface area contributed by atoms with Crippen molar-refractivity contribution in [2.24, 2.45) is 0 Å². The molecule has 0 amide bonds. The van der Waals surface area contributed by atoms with Crippen LogP contribution in [0, 0.1) is 0 Å². The number of fused-ring (bicyclic) bond motifs is 1. The minimum Gasteiger partial charge on any atom is -0.286 e. The van der Waals surface area contributed by atoms with Gasteiger partial charge in [0.15, 0.2) is 4.60 Å². The van der Waals surface area contributed by atoms with E-state index in [0.29, 0.717) is 15.9 Å². The molecule has 0 fully saturated rings. The van der Waals surface area contributed by atoms with Crippen molar-refractivity contribution >= 4 is 38.4 Å². The maximum atomic E-state index is 11.5. The zero-order chi connectivity index (χ0) is 9.42. The molecule has 2 aromatic rings. The molecule has 66 valence electrons. The summed E-state index contributed by atoms with van der Waals surface area (Å²) in [7, 11) is 0. The Balaban J connectivity index is 2.97. The van der Waals surface area contributed by atoms with E-state index in [-0.39, 0.29) is 10.0 Å². The summed E-state index contributed by atoms with van der Waals surface area (Å²) in [5.74, 6) is 0. The Morgan fingerprint density at radius 1 is 1.46 bits per heavy atom. The molecule has 0 unspecified atom stereocenters. The van der Waals surface area contributed by atoms with Crippen molar-refractivity contribution < 1.29 is 0 Å². The van der Waals surface area contributed by atoms with Crippen LogP contribution in [0.2, 0.25) is 5.02 Å². The summed E-state index contributed by atoms with van der Waals surface area (Å²) in [6.45, 7) is 0. The molecule has 1 N–H and O–H groups in total. The first-order valence-electron chi connectivity index (χ1n) is 3.52. The second-order valence-electron chi connectivity index (χ2n) is 2.53. The first kappa shape index (κ1) is 8.72. The summed E-state index contributed by atoms with van der Waals surface area (Å²) in [4.78, 5) is 11.5. The van der Waals surface area contributed by atoms with Crippen molar-refractivity contribution in [3.05, 3.63) is 38.0 Å². The molecule has 5 heteroatoms. The number of benzene rings is 1. The van der Waals surface area contributed by atoms with Gasteiger partial charge in [-0.05, 0) is 34.1 Å². The van der Waals surface area contributed by atoms with Crippen LogP contribution in [0.3, 0.4) is 0 Å². The van der Waals surface area contributed by atoms with E-state index in [1.54, 1.807) is 18.2 Å². The lowest BCUT2D eigenvalue weighted by atomic mass is 10.2. The summed E-state index contributed by atoms with van der Waals surface area (Å²) in [6.07, 6.45) is 0. The molecule has 0 saturated heterocycles. The number of rotatable bonds is 0. The molecule has 0 spiro atoms. The van der Waals surface area contributed by atoms with E-state index in [2.05, 4.69) is 26.1 Å². The van der Waals surface area contributed by atoms with Crippen molar-refractivity contribution in [3.8, 4) is 0 Å². The molecule has 1 aromatic carbocycles. The number of aromatic amines is 1. The minimum atomic E-state index is -0.156. The lowest BCUT2D eigenvalue weighted by molar-refractivity contribution is 1.03. The third kappa shape index (κ3) is 1.47. The van der Waals surface area contributed by atoms with Gasteiger partial charge in [-0.15, -0.1) is 0 Å². The first-order chi connectivity index (χ1) is 6.18. The van der Waals surface area contributed by atoms with E-state index in [0.717, 1.165) is 0 Å². The predicted molar refractivity (Wildman–Crippen MR) is 55.1 cm³/mol. The SMILES string of the molecule is O=c1c(Br)n[nH]c2ccc(Cl)cc12. The van der Waals surface area contributed by atoms with Crippen LogP contribution < -0.4 is 5.43 Å². The Kier molecular flexibility index (Phi) is 2.09. The summed E-state index contributed by atoms with van der Waals surface area (Å²) in [6, 6.07) is 5.04. The summed E-state index contributed by atoms with van der Waals surface area (Å²) in [5, 5.41) is 7.58. The fourth-order valence-electron chi connectivity index (χ4n) is 1.07. The molecule has 1 aromatic heterocycles. The Morgan fingerprint density at radius 2 is 2.23 bits per heavy atom. The van der Waals surface area contributed by atoms with Crippen LogP contribution >= 0.6 is 27.5 Å². The topological polar surface area (TPSA) is 45.8 Å². The summed E-state index contributed by atoms with van der Waals surface area (Å²) in [5.41, 5.74) is 0.522. The third-order valence-electron chi connectivity index (χ3n) is 1.69. The fourth-order valence-corrected chi connectivity index (χ4v) is 1.55. The van der Waals surface area contributed by atoms with Gasteiger partial charge in [0.25, 0.3) is 0 Å². The van der Waals surface area contributed by atoms with Gasteiger partial charge < -0.3 is 0 Å². The monoisotopic (exact) mass is 258 g/mol. The quantitative estimate of drug-likeness (QED) is 0.789. The van der Waals surface area contributed by atoms with Crippen LogP contribution in [0.1, 0.15) is 0 Å². The van der Waals surface area contributed by atoms with Crippen molar-refractivity contribution in [1.29, 1.82) is 0 Å². The van der Waals surface area contributed by atoms with Gasteiger partial charge in [0.2, 0.25) is 5.43 Å². The van der Waals surface area contributed by atoms with Crippen molar-refractivity contribution in [2.75, 3.05) is 0 Å². The van der Waals surface area contributed by atoms with Gasteiger partial charge in [-0.25, -0.2) is 0 Å². The van der Waals surface area contributed by atoms with Crippen LogP contribution in [0.4, 0.5) is 0 Å². The van der Waals surface area contributed by atoms with Crippen LogP contribution in [0.5, 0.6) is 0 Å². The number of nitrogens with zero attached hydrogens (tertiary/aromatic N) is 1. The number of nitrogens with one attached hydrogen (secondary N) is 1. The number of aromatic nitrogens is 2. The fraction of sp³-hybridized carbons (Fsp3) is 0. The highest BCUT2D eigenvalue weighted by atomic mass is 79.9.